The minimum atomic E-state index is 0.482. The second-order valence-electron chi connectivity index (χ2n) is 3.93. The van der Waals surface area contributed by atoms with Crippen molar-refractivity contribution in [2.45, 2.75) is 41.0 Å². The summed E-state index contributed by atoms with van der Waals surface area (Å²) in [5, 5.41) is 3.36. The van der Waals surface area contributed by atoms with Crippen LogP contribution in [0.25, 0.3) is 0 Å². The molecule has 1 heteroatoms. The molecule has 0 spiro atoms. The lowest BCUT2D eigenvalue weighted by atomic mass is 10.1. The van der Waals surface area contributed by atoms with Gasteiger partial charge in [0.2, 0.25) is 0 Å². The van der Waals surface area contributed by atoms with E-state index in [2.05, 4.69) is 58.7 Å². The first-order valence-corrected chi connectivity index (χ1v) is 5.24. The predicted octanol–water partition coefficient (Wildman–Crippen LogP) is 4.01. The van der Waals surface area contributed by atoms with E-state index < -0.39 is 0 Å². The number of hydrogen-bond donors (Lipinski definition) is 1. The van der Waals surface area contributed by atoms with Crippen LogP contribution in [0.2, 0.25) is 0 Å². The quantitative estimate of drug-likeness (QED) is 0.651. The van der Waals surface area contributed by atoms with Gasteiger partial charge >= 0.3 is 0 Å². The van der Waals surface area contributed by atoms with Crippen LogP contribution in [-0.4, -0.2) is 0 Å². The molecule has 1 nitrogen and oxygen atoms in total. The van der Waals surface area contributed by atoms with E-state index in [4.69, 9.17) is 0 Å². The van der Waals surface area contributed by atoms with E-state index in [0.29, 0.717) is 5.92 Å². The van der Waals surface area contributed by atoms with Gasteiger partial charge in [-0.05, 0) is 26.7 Å². The summed E-state index contributed by atoms with van der Waals surface area (Å²) in [6.45, 7) is 14.6. The van der Waals surface area contributed by atoms with Crippen molar-refractivity contribution in [3.63, 3.8) is 0 Å². The molecule has 0 fully saturated rings. The monoisotopic (exact) mass is 193 g/mol. The molecule has 0 rings (SSSR count). The third-order valence-electron chi connectivity index (χ3n) is 2.33. The highest BCUT2D eigenvalue weighted by Crippen LogP contribution is 2.12. The number of hydrogen-bond acceptors (Lipinski definition) is 1. The molecule has 0 saturated heterocycles. The van der Waals surface area contributed by atoms with Gasteiger partial charge in [0, 0.05) is 17.8 Å². The molecule has 0 aromatic heterocycles. The van der Waals surface area contributed by atoms with E-state index >= 15 is 0 Å². The SMILES string of the molecule is C=C(N/C(=C\C)C/C(C)=C/C)C(C)C. The summed E-state index contributed by atoms with van der Waals surface area (Å²) in [7, 11) is 0. The van der Waals surface area contributed by atoms with Gasteiger partial charge in [-0.3, -0.25) is 0 Å². The molecule has 0 amide bonds. The van der Waals surface area contributed by atoms with E-state index in [1.807, 2.05) is 0 Å². The zero-order valence-electron chi connectivity index (χ0n) is 10.1. The van der Waals surface area contributed by atoms with Gasteiger partial charge in [-0.15, -0.1) is 0 Å². The van der Waals surface area contributed by atoms with E-state index in [-0.39, 0.29) is 0 Å². The third kappa shape index (κ3) is 4.90. The molecule has 0 aliphatic heterocycles. The Kier molecular flexibility index (Phi) is 6.02. The van der Waals surface area contributed by atoms with E-state index in [9.17, 15) is 0 Å². The fourth-order valence-corrected chi connectivity index (χ4v) is 0.971. The van der Waals surface area contributed by atoms with Crippen LogP contribution < -0.4 is 5.32 Å². The second kappa shape index (κ2) is 6.47. The summed E-state index contributed by atoms with van der Waals surface area (Å²) in [5.74, 6) is 0.482. The van der Waals surface area contributed by atoms with Crippen LogP contribution in [-0.2, 0) is 0 Å². The van der Waals surface area contributed by atoms with Gasteiger partial charge < -0.3 is 5.32 Å². The van der Waals surface area contributed by atoms with Gasteiger partial charge in [0.25, 0.3) is 0 Å². The summed E-state index contributed by atoms with van der Waals surface area (Å²) in [5.41, 5.74) is 3.70. The molecule has 80 valence electrons. The Hall–Kier alpha value is -0.980. The standard InChI is InChI=1S/C13H23N/c1-7-11(5)9-13(8-2)14-12(6)10(3)4/h7-8,10,14H,6,9H2,1-5H3/b11-7+,13-8-. The lowest BCUT2D eigenvalue weighted by Gasteiger charge is -2.15. The lowest BCUT2D eigenvalue weighted by molar-refractivity contribution is 0.694. The Morgan fingerprint density at radius 3 is 2.21 bits per heavy atom. The smallest absolute Gasteiger partial charge is 0.0146 e. The first-order chi connectivity index (χ1) is 6.51. The maximum absolute atomic E-state index is 4.00. The molecule has 0 radical (unpaired) electrons. The topological polar surface area (TPSA) is 12.0 Å². The maximum atomic E-state index is 4.00. The second-order valence-corrected chi connectivity index (χ2v) is 3.93. The number of rotatable bonds is 5. The van der Waals surface area contributed by atoms with Crippen LogP contribution in [0, 0.1) is 5.92 Å². The van der Waals surface area contributed by atoms with Crippen LogP contribution in [0.4, 0.5) is 0 Å². The fraction of sp³-hybridized carbons (Fsp3) is 0.538. The number of allylic oxidation sites excluding steroid dienone is 4. The van der Waals surface area contributed by atoms with E-state index in [1.54, 1.807) is 0 Å². The van der Waals surface area contributed by atoms with Gasteiger partial charge in [0.05, 0.1) is 0 Å². The largest absolute Gasteiger partial charge is 0.363 e. The normalized spacial score (nSPS) is 13.3. The number of nitrogens with one attached hydrogen (secondary N) is 1. The molecule has 0 aromatic rings. The Morgan fingerprint density at radius 1 is 1.29 bits per heavy atom. The molecule has 0 aromatic carbocycles. The molecule has 0 bridgehead atoms. The average molecular weight is 193 g/mol. The van der Waals surface area contributed by atoms with Crippen LogP contribution in [0.5, 0.6) is 0 Å². The Morgan fingerprint density at radius 2 is 1.86 bits per heavy atom. The average Bonchev–Trinajstić information content (AvgIpc) is 2.16. The van der Waals surface area contributed by atoms with Crippen LogP contribution >= 0.6 is 0 Å². The molecule has 0 unspecified atom stereocenters. The molecular weight excluding hydrogens is 170 g/mol. The molecule has 1 N–H and O–H groups in total. The minimum Gasteiger partial charge on any atom is -0.363 e. The van der Waals surface area contributed by atoms with Crippen molar-refractivity contribution in [3.05, 3.63) is 35.7 Å². The summed E-state index contributed by atoms with van der Waals surface area (Å²) in [6, 6.07) is 0. The summed E-state index contributed by atoms with van der Waals surface area (Å²) < 4.78 is 0. The highest BCUT2D eigenvalue weighted by Gasteiger charge is 2.02. The molecule has 14 heavy (non-hydrogen) atoms. The zero-order chi connectivity index (χ0) is 11.1. The highest BCUT2D eigenvalue weighted by molar-refractivity contribution is 5.16. The molecule has 0 aliphatic carbocycles. The van der Waals surface area contributed by atoms with E-state index in [0.717, 1.165) is 12.1 Å². The Bertz CT molecular complexity index is 244. The first kappa shape index (κ1) is 13.0. The van der Waals surface area contributed by atoms with Gasteiger partial charge in [0.15, 0.2) is 0 Å². The van der Waals surface area contributed by atoms with Gasteiger partial charge in [0.1, 0.15) is 0 Å². The van der Waals surface area contributed by atoms with Crippen LogP contribution in [0.1, 0.15) is 41.0 Å². The van der Waals surface area contributed by atoms with Crippen molar-refractivity contribution in [2.24, 2.45) is 5.92 Å². The van der Waals surface area contributed by atoms with Crippen LogP contribution in [0.3, 0.4) is 0 Å². The van der Waals surface area contributed by atoms with Gasteiger partial charge in [-0.2, -0.15) is 0 Å². The molecule has 0 saturated carbocycles. The van der Waals surface area contributed by atoms with Crippen molar-refractivity contribution in [3.8, 4) is 0 Å². The molecule has 0 heterocycles. The van der Waals surface area contributed by atoms with Gasteiger partial charge in [-0.25, -0.2) is 0 Å². The van der Waals surface area contributed by atoms with Crippen molar-refractivity contribution < 1.29 is 0 Å². The van der Waals surface area contributed by atoms with Crippen molar-refractivity contribution in [1.82, 2.24) is 5.32 Å². The summed E-state index contributed by atoms with van der Waals surface area (Å²) in [4.78, 5) is 0. The highest BCUT2D eigenvalue weighted by atomic mass is 14.9. The zero-order valence-corrected chi connectivity index (χ0v) is 10.1. The lowest BCUT2D eigenvalue weighted by Crippen LogP contribution is -2.16. The predicted molar refractivity (Wildman–Crippen MR) is 64.9 cm³/mol. The van der Waals surface area contributed by atoms with Crippen molar-refractivity contribution >= 4 is 0 Å². The van der Waals surface area contributed by atoms with Crippen molar-refractivity contribution in [1.29, 1.82) is 0 Å². The third-order valence-corrected chi connectivity index (χ3v) is 2.33. The minimum absolute atomic E-state index is 0.482. The summed E-state index contributed by atoms with van der Waals surface area (Å²) in [6.07, 6.45) is 5.24. The maximum Gasteiger partial charge on any atom is 0.0146 e. The van der Waals surface area contributed by atoms with Gasteiger partial charge in [-0.1, -0.05) is 38.2 Å². The Balaban J connectivity index is 4.26. The molecule has 0 aliphatic rings. The molecule has 0 atom stereocenters. The first-order valence-electron chi connectivity index (χ1n) is 5.24. The van der Waals surface area contributed by atoms with Crippen molar-refractivity contribution in [2.75, 3.05) is 0 Å². The van der Waals surface area contributed by atoms with E-state index in [1.165, 1.54) is 11.3 Å². The fourth-order valence-electron chi connectivity index (χ4n) is 0.971. The Labute approximate surface area is 88.6 Å². The molecular formula is C13H23N. The summed E-state index contributed by atoms with van der Waals surface area (Å²) >= 11 is 0. The van der Waals surface area contributed by atoms with Crippen LogP contribution in [0.15, 0.2) is 35.7 Å².